The molecule has 3 heterocycles. The maximum atomic E-state index is 13.3. The molecule has 2 aliphatic rings. The van der Waals surface area contributed by atoms with Gasteiger partial charge >= 0.3 is 0 Å². The fourth-order valence-corrected chi connectivity index (χ4v) is 3.86. The molecule has 0 bridgehead atoms. The Morgan fingerprint density at radius 1 is 1.28 bits per heavy atom. The van der Waals surface area contributed by atoms with Crippen LogP contribution in [0.2, 0.25) is 0 Å². The summed E-state index contributed by atoms with van der Waals surface area (Å²) in [5.74, 6) is 2.19. The molecule has 4 rings (SSSR count). The first-order chi connectivity index (χ1) is 14.0. The number of anilines is 1. The van der Waals surface area contributed by atoms with E-state index in [4.69, 9.17) is 15.2 Å². The summed E-state index contributed by atoms with van der Waals surface area (Å²) in [6.07, 6.45) is 0.924. The normalized spacial score (nSPS) is 18.8. The minimum atomic E-state index is -0.197. The van der Waals surface area contributed by atoms with Gasteiger partial charge in [0.15, 0.2) is 11.5 Å². The minimum absolute atomic E-state index is 0.137. The fourth-order valence-electron chi connectivity index (χ4n) is 3.86. The molecule has 154 valence electrons. The SMILES string of the molecule is COc1cccc2c1OCCN(C(=O)c1nc(C)c(C)c(N3CC[C@@H](N)C3)n1)C2. The highest BCUT2D eigenvalue weighted by Crippen LogP contribution is 2.33. The predicted octanol–water partition coefficient (Wildman–Crippen LogP) is 1.67. The van der Waals surface area contributed by atoms with Gasteiger partial charge in [0.1, 0.15) is 12.4 Å². The van der Waals surface area contributed by atoms with Crippen molar-refractivity contribution in [2.24, 2.45) is 5.73 Å². The number of methoxy groups -OCH3 is 1. The second-order valence-corrected chi connectivity index (χ2v) is 7.60. The molecule has 0 spiro atoms. The molecular formula is C21H27N5O3. The summed E-state index contributed by atoms with van der Waals surface area (Å²) in [5, 5.41) is 0. The van der Waals surface area contributed by atoms with Crippen molar-refractivity contribution in [1.82, 2.24) is 14.9 Å². The van der Waals surface area contributed by atoms with Gasteiger partial charge in [0, 0.05) is 36.0 Å². The van der Waals surface area contributed by atoms with E-state index in [2.05, 4.69) is 14.9 Å². The average molecular weight is 397 g/mol. The first kappa shape index (κ1) is 19.4. The van der Waals surface area contributed by atoms with Gasteiger partial charge in [-0.15, -0.1) is 0 Å². The van der Waals surface area contributed by atoms with Crippen molar-refractivity contribution < 1.29 is 14.3 Å². The summed E-state index contributed by atoms with van der Waals surface area (Å²) in [6.45, 7) is 6.76. The molecule has 29 heavy (non-hydrogen) atoms. The Morgan fingerprint density at radius 2 is 2.10 bits per heavy atom. The zero-order valence-electron chi connectivity index (χ0n) is 17.1. The number of aromatic nitrogens is 2. The van der Waals surface area contributed by atoms with Gasteiger partial charge in [0.25, 0.3) is 5.91 Å². The summed E-state index contributed by atoms with van der Waals surface area (Å²) in [4.78, 5) is 26.3. The molecular weight excluding hydrogens is 370 g/mol. The average Bonchev–Trinajstić information content (AvgIpc) is 3.02. The number of hydrogen-bond acceptors (Lipinski definition) is 7. The van der Waals surface area contributed by atoms with E-state index >= 15 is 0 Å². The number of ether oxygens (including phenoxy) is 2. The van der Waals surface area contributed by atoms with Crippen LogP contribution < -0.4 is 20.1 Å². The standard InChI is InChI=1S/C21H27N5O3/c1-13-14(2)23-19(24-20(13)25-8-7-16(22)12-25)21(27)26-9-10-29-18-15(11-26)5-4-6-17(18)28-3/h4-6,16H,7-12,22H2,1-3H3/t16-/m1/s1. The van der Waals surface area contributed by atoms with Gasteiger partial charge in [-0.25, -0.2) is 9.97 Å². The summed E-state index contributed by atoms with van der Waals surface area (Å²) < 4.78 is 11.3. The number of aryl methyl sites for hydroxylation is 1. The zero-order chi connectivity index (χ0) is 20.5. The van der Waals surface area contributed by atoms with Crippen LogP contribution in [0.4, 0.5) is 5.82 Å². The Bertz CT molecular complexity index is 933. The second kappa shape index (κ2) is 7.87. The Kier molecular flexibility index (Phi) is 5.27. The number of carbonyl (C=O) groups excluding carboxylic acids is 1. The molecule has 1 atom stereocenters. The van der Waals surface area contributed by atoms with Crippen LogP contribution in [-0.2, 0) is 6.54 Å². The zero-order valence-corrected chi connectivity index (χ0v) is 17.1. The van der Waals surface area contributed by atoms with Crippen LogP contribution in [0, 0.1) is 13.8 Å². The number of rotatable bonds is 3. The number of amides is 1. The lowest BCUT2D eigenvalue weighted by molar-refractivity contribution is 0.0720. The van der Waals surface area contributed by atoms with Gasteiger partial charge in [-0.1, -0.05) is 12.1 Å². The molecule has 2 N–H and O–H groups in total. The summed E-state index contributed by atoms with van der Waals surface area (Å²) in [5.41, 5.74) is 8.78. The molecule has 2 aromatic rings. The van der Waals surface area contributed by atoms with E-state index in [1.54, 1.807) is 12.0 Å². The van der Waals surface area contributed by atoms with Gasteiger partial charge in [-0.2, -0.15) is 0 Å². The van der Waals surface area contributed by atoms with Crippen LogP contribution in [0.3, 0.4) is 0 Å². The van der Waals surface area contributed by atoms with E-state index in [0.717, 1.165) is 42.1 Å². The lowest BCUT2D eigenvalue weighted by Crippen LogP contribution is -2.35. The molecule has 1 fully saturated rings. The van der Waals surface area contributed by atoms with Crippen molar-refractivity contribution in [3.05, 3.63) is 40.8 Å². The predicted molar refractivity (Wildman–Crippen MR) is 110 cm³/mol. The largest absolute Gasteiger partial charge is 0.493 e. The quantitative estimate of drug-likeness (QED) is 0.842. The number of nitrogens with two attached hydrogens (primary N) is 1. The Labute approximate surface area is 170 Å². The van der Waals surface area contributed by atoms with Crippen LogP contribution in [-0.4, -0.2) is 60.2 Å². The van der Waals surface area contributed by atoms with Gasteiger partial charge in [0.2, 0.25) is 5.82 Å². The van der Waals surface area contributed by atoms with Crippen molar-refractivity contribution in [3.63, 3.8) is 0 Å². The van der Waals surface area contributed by atoms with Crippen molar-refractivity contribution in [2.45, 2.75) is 32.9 Å². The number of fused-ring (bicyclic) bond motifs is 1. The van der Waals surface area contributed by atoms with Crippen LogP contribution in [0.5, 0.6) is 11.5 Å². The third-order valence-electron chi connectivity index (χ3n) is 5.62. The van der Waals surface area contributed by atoms with Crippen molar-refractivity contribution >= 4 is 11.7 Å². The Hall–Kier alpha value is -2.87. The van der Waals surface area contributed by atoms with Gasteiger partial charge in [-0.3, -0.25) is 4.79 Å². The molecule has 0 unspecified atom stereocenters. The van der Waals surface area contributed by atoms with Crippen molar-refractivity contribution in [3.8, 4) is 11.5 Å². The molecule has 1 amide bonds. The number of nitrogens with zero attached hydrogens (tertiary/aromatic N) is 4. The molecule has 0 radical (unpaired) electrons. The molecule has 1 aromatic carbocycles. The number of carbonyl (C=O) groups is 1. The Balaban J connectivity index is 1.63. The molecule has 0 saturated carbocycles. The van der Waals surface area contributed by atoms with E-state index in [-0.39, 0.29) is 17.8 Å². The maximum absolute atomic E-state index is 13.3. The van der Waals surface area contributed by atoms with Crippen LogP contribution >= 0.6 is 0 Å². The van der Waals surface area contributed by atoms with Gasteiger partial charge in [-0.05, 0) is 26.3 Å². The highest BCUT2D eigenvalue weighted by molar-refractivity contribution is 5.91. The monoisotopic (exact) mass is 397 g/mol. The molecule has 8 nitrogen and oxygen atoms in total. The second-order valence-electron chi connectivity index (χ2n) is 7.60. The topological polar surface area (TPSA) is 93.8 Å². The lowest BCUT2D eigenvalue weighted by atomic mass is 10.1. The maximum Gasteiger partial charge on any atom is 0.292 e. The van der Waals surface area contributed by atoms with E-state index in [0.29, 0.717) is 31.2 Å². The van der Waals surface area contributed by atoms with Gasteiger partial charge in [0.05, 0.1) is 20.2 Å². The van der Waals surface area contributed by atoms with Crippen LogP contribution in [0.1, 0.15) is 33.9 Å². The van der Waals surface area contributed by atoms with Crippen molar-refractivity contribution in [1.29, 1.82) is 0 Å². The highest BCUT2D eigenvalue weighted by Gasteiger charge is 2.28. The Morgan fingerprint density at radius 3 is 2.83 bits per heavy atom. The number of benzene rings is 1. The molecule has 2 aliphatic heterocycles. The van der Waals surface area contributed by atoms with E-state index in [1.807, 2.05) is 32.0 Å². The first-order valence-corrected chi connectivity index (χ1v) is 9.91. The summed E-state index contributed by atoms with van der Waals surface area (Å²) in [6, 6.07) is 5.84. The third-order valence-corrected chi connectivity index (χ3v) is 5.62. The minimum Gasteiger partial charge on any atom is -0.493 e. The third kappa shape index (κ3) is 3.72. The number of hydrogen-bond donors (Lipinski definition) is 1. The fraction of sp³-hybridized carbons (Fsp3) is 0.476. The number of para-hydroxylation sites is 1. The molecule has 1 aromatic heterocycles. The molecule has 8 heteroatoms. The molecule has 0 aliphatic carbocycles. The van der Waals surface area contributed by atoms with E-state index in [1.165, 1.54) is 0 Å². The van der Waals surface area contributed by atoms with Gasteiger partial charge < -0.3 is 25.0 Å². The molecule has 1 saturated heterocycles. The lowest BCUT2D eigenvalue weighted by Gasteiger charge is -2.23. The summed E-state index contributed by atoms with van der Waals surface area (Å²) >= 11 is 0. The van der Waals surface area contributed by atoms with E-state index in [9.17, 15) is 4.79 Å². The summed E-state index contributed by atoms with van der Waals surface area (Å²) in [7, 11) is 1.61. The highest BCUT2D eigenvalue weighted by atomic mass is 16.5. The van der Waals surface area contributed by atoms with Crippen molar-refractivity contribution in [2.75, 3.05) is 38.3 Å². The van der Waals surface area contributed by atoms with Crippen LogP contribution in [0.15, 0.2) is 18.2 Å². The first-order valence-electron chi connectivity index (χ1n) is 9.91. The smallest absolute Gasteiger partial charge is 0.292 e. The van der Waals surface area contributed by atoms with E-state index < -0.39 is 0 Å². The van der Waals surface area contributed by atoms with Crippen LogP contribution in [0.25, 0.3) is 0 Å².